The lowest BCUT2D eigenvalue weighted by atomic mass is 10.1. The fraction of sp³-hybridized carbons (Fsp3) is 0.100. The van der Waals surface area contributed by atoms with Gasteiger partial charge in [-0.05, 0) is 78.2 Å². The molecule has 4 rings (SSSR count). The molecule has 0 fully saturated rings. The van der Waals surface area contributed by atoms with Crippen molar-refractivity contribution in [3.63, 3.8) is 0 Å². The van der Waals surface area contributed by atoms with E-state index in [0.29, 0.717) is 34.3 Å². The maximum Gasteiger partial charge on any atom is 0.343 e. The Morgan fingerprint density at radius 2 is 1.55 bits per heavy atom. The fourth-order valence-electron chi connectivity index (χ4n) is 3.44. The summed E-state index contributed by atoms with van der Waals surface area (Å²) in [4.78, 5) is 24.6. The van der Waals surface area contributed by atoms with Crippen molar-refractivity contribution >= 4 is 29.7 Å². The Morgan fingerprint density at radius 3 is 2.26 bits per heavy atom. The molecule has 0 spiro atoms. The van der Waals surface area contributed by atoms with Crippen LogP contribution in [0.5, 0.6) is 17.2 Å². The van der Waals surface area contributed by atoms with Gasteiger partial charge in [-0.2, -0.15) is 5.10 Å². The van der Waals surface area contributed by atoms with Crippen LogP contribution in [-0.4, -0.2) is 31.3 Å². The van der Waals surface area contributed by atoms with E-state index in [9.17, 15) is 9.59 Å². The van der Waals surface area contributed by atoms with Gasteiger partial charge in [-0.15, -0.1) is 0 Å². The van der Waals surface area contributed by atoms with Gasteiger partial charge in [-0.25, -0.2) is 10.2 Å². The molecule has 38 heavy (non-hydrogen) atoms. The smallest absolute Gasteiger partial charge is 0.343 e. The standard InChI is InChI=1S/C30H25ClN2O5/c1-2-36-28-18-21(8-17-27(28)38-30(35)24-9-13-25(31)14-10-24)19-32-33-29(34)20-37-26-15-11-23(12-16-26)22-6-4-3-5-7-22/h3-19H,2,20H2,1H3,(H,33,34). The lowest BCUT2D eigenvalue weighted by molar-refractivity contribution is -0.123. The average molecular weight is 529 g/mol. The number of carbonyl (C=O) groups excluding carboxylic acids is 2. The first kappa shape index (κ1) is 26.4. The minimum absolute atomic E-state index is 0.189. The molecule has 0 radical (unpaired) electrons. The number of nitrogens with zero attached hydrogens (tertiary/aromatic N) is 1. The molecule has 4 aromatic rings. The van der Waals surface area contributed by atoms with Crippen molar-refractivity contribution < 1.29 is 23.8 Å². The molecular weight excluding hydrogens is 504 g/mol. The van der Waals surface area contributed by atoms with Crippen molar-refractivity contribution in [3.05, 3.63) is 113 Å². The summed E-state index contributed by atoms with van der Waals surface area (Å²) in [6, 6.07) is 28.8. The minimum Gasteiger partial charge on any atom is -0.490 e. The Kier molecular flexibility index (Phi) is 9.10. The first-order valence-corrected chi connectivity index (χ1v) is 12.2. The summed E-state index contributed by atoms with van der Waals surface area (Å²) >= 11 is 5.87. The third kappa shape index (κ3) is 7.44. The molecule has 7 nitrogen and oxygen atoms in total. The zero-order valence-corrected chi connectivity index (χ0v) is 21.4. The summed E-state index contributed by atoms with van der Waals surface area (Å²) in [5, 5.41) is 4.50. The molecule has 0 saturated heterocycles. The van der Waals surface area contributed by atoms with Gasteiger partial charge in [0.1, 0.15) is 5.75 Å². The summed E-state index contributed by atoms with van der Waals surface area (Å²) in [6.07, 6.45) is 1.46. The number of esters is 1. The first-order chi connectivity index (χ1) is 18.5. The number of hydrazone groups is 1. The quantitative estimate of drug-likeness (QED) is 0.115. The number of rotatable bonds is 10. The van der Waals surface area contributed by atoms with Crippen LogP contribution in [0.25, 0.3) is 11.1 Å². The normalized spacial score (nSPS) is 10.7. The van der Waals surface area contributed by atoms with Gasteiger partial charge >= 0.3 is 5.97 Å². The monoisotopic (exact) mass is 528 g/mol. The van der Waals surface area contributed by atoms with Crippen LogP contribution in [0.1, 0.15) is 22.8 Å². The second kappa shape index (κ2) is 13.1. The third-order valence-electron chi connectivity index (χ3n) is 5.28. The van der Waals surface area contributed by atoms with Crippen LogP contribution in [-0.2, 0) is 4.79 Å². The third-order valence-corrected chi connectivity index (χ3v) is 5.54. The van der Waals surface area contributed by atoms with Crippen molar-refractivity contribution in [2.75, 3.05) is 13.2 Å². The molecule has 4 aromatic carbocycles. The second-order valence-electron chi connectivity index (χ2n) is 8.01. The lowest BCUT2D eigenvalue weighted by Gasteiger charge is -2.11. The summed E-state index contributed by atoms with van der Waals surface area (Å²) in [6.45, 7) is 2.00. The molecule has 1 N–H and O–H groups in total. The molecule has 0 bridgehead atoms. The molecule has 1 amide bonds. The van der Waals surface area contributed by atoms with Crippen LogP contribution < -0.4 is 19.6 Å². The molecule has 0 atom stereocenters. The highest BCUT2D eigenvalue weighted by Gasteiger charge is 2.13. The van der Waals surface area contributed by atoms with Gasteiger partial charge in [0, 0.05) is 5.02 Å². The highest BCUT2D eigenvalue weighted by atomic mass is 35.5. The van der Waals surface area contributed by atoms with Crippen molar-refractivity contribution in [1.82, 2.24) is 5.43 Å². The van der Waals surface area contributed by atoms with E-state index in [-0.39, 0.29) is 12.4 Å². The predicted octanol–water partition coefficient (Wildman–Crippen LogP) is 6.15. The Balaban J connectivity index is 1.30. The van der Waals surface area contributed by atoms with Crippen molar-refractivity contribution in [1.29, 1.82) is 0 Å². The van der Waals surface area contributed by atoms with E-state index in [4.69, 9.17) is 25.8 Å². The van der Waals surface area contributed by atoms with E-state index in [1.165, 1.54) is 6.21 Å². The van der Waals surface area contributed by atoms with Crippen LogP contribution in [0.15, 0.2) is 102 Å². The molecule has 0 saturated carbocycles. The zero-order valence-electron chi connectivity index (χ0n) is 20.6. The zero-order chi connectivity index (χ0) is 26.7. The molecule has 0 aliphatic heterocycles. The molecule has 0 aliphatic rings. The molecule has 0 unspecified atom stereocenters. The lowest BCUT2D eigenvalue weighted by Crippen LogP contribution is -2.24. The van der Waals surface area contributed by atoms with Crippen LogP contribution >= 0.6 is 11.6 Å². The summed E-state index contributed by atoms with van der Waals surface area (Å²) in [5.41, 5.74) is 5.59. The minimum atomic E-state index is -0.536. The fourth-order valence-corrected chi connectivity index (χ4v) is 3.56. The highest BCUT2D eigenvalue weighted by molar-refractivity contribution is 6.30. The van der Waals surface area contributed by atoms with Gasteiger partial charge in [0.15, 0.2) is 18.1 Å². The van der Waals surface area contributed by atoms with E-state index in [1.54, 1.807) is 42.5 Å². The number of hydrogen-bond acceptors (Lipinski definition) is 6. The van der Waals surface area contributed by atoms with E-state index in [0.717, 1.165) is 11.1 Å². The van der Waals surface area contributed by atoms with Crippen molar-refractivity contribution in [2.45, 2.75) is 6.92 Å². The summed E-state index contributed by atoms with van der Waals surface area (Å²) in [7, 11) is 0. The van der Waals surface area contributed by atoms with E-state index in [1.807, 2.05) is 61.5 Å². The van der Waals surface area contributed by atoms with E-state index in [2.05, 4.69) is 10.5 Å². The SMILES string of the molecule is CCOc1cc(C=NNC(=O)COc2ccc(-c3ccccc3)cc2)ccc1OC(=O)c1ccc(Cl)cc1. The summed E-state index contributed by atoms with van der Waals surface area (Å²) < 4.78 is 16.7. The van der Waals surface area contributed by atoms with Crippen molar-refractivity contribution in [2.24, 2.45) is 5.10 Å². The number of hydrogen-bond donors (Lipinski definition) is 1. The van der Waals surface area contributed by atoms with Gasteiger partial charge in [0.25, 0.3) is 5.91 Å². The second-order valence-corrected chi connectivity index (χ2v) is 8.44. The number of benzene rings is 4. The van der Waals surface area contributed by atoms with E-state index >= 15 is 0 Å². The molecule has 8 heteroatoms. The van der Waals surface area contributed by atoms with Crippen LogP contribution in [0.2, 0.25) is 5.02 Å². The number of nitrogens with one attached hydrogen (secondary N) is 1. The average Bonchev–Trinajstić information content (AvgIpc) is 2.94. The Bertz CT molecular complexity index is 1410. The van der Waals surface area contributed by atoms with Crippen molar-refractivity contribution in [3.8, 4) is 28.4 Å². The number of carbonyl (C=O) groups is 2. The topological polar surface area (TPSA) is 86.2 Å². The highest BCUT2D eigenvalue weighted by Crippen LogP contribution is 2.29. The first-order valence-electron chi connectivity index (χ1n) is 11.9. The Morgan fingerprint density at radius 1 is 0.842 bits per heavy atom. The van der Waals surface area contributed by atoms with Gasteiger partial charge < -0.3 is 14.2 Å². The Labute approximate surface area is 225 Å². The number of halogens is 1. The van der Waals surface area contributed by atoms with Gasteiger partial charge in [-0.3, -0.25) is 4.79 Å². The Hall–Kier alpha value is -4.62. The van der Waals surface area contributed by atoms with Gasteiger partial charge in [-0.1, -0.05) is 54.1 Å². The number of amides is 1. The molecule has 0 heterocycles. The predicted molar refractivity (Wildman–Crippen MR) is 147 cm³/mol. The van der Waals surface area contributed by atoms with Gasteiger partial charge in [0.05, 0.1) is 18.4 Å². The van der Waals surface area contributed by atoms with Gasteiger partial charge in [0.2, 0.25) is 0 Å². The molecular formula is C30H25ClN2O5. The maximum absolute atomic E-state index is 12.5. The largest absolute Gasteiger partial charge is 0.490 e. The van der Waals surface area contributed by atoms with Crippen LogP contribution in [0.4, 0.5) is 0 Å². The van der Waals surface area contributed by atoms with E-state index < -0.39 is 11.9 Å². The van der Waals surface area contributed by atoms with Crippen LogP contribution in [0, 0.1) is 0 Å². The molecule has 192 valence electrons. The summed E-state index contributed by atoms with van der Waals surface area (Å²) in [5.74, 6) is 0.263. The molecule has 0 aliphatic carbocycles. The van der Waals surface area contributed by atoms with Crippen LogP contribution in [0.3, 0.4) is 0 Å². The maximum atomic E-state index is 12.5. The molecule has 0 aromatic heterocycles. The number of ether oxygens (including phenoxy) is 3.